The molecule has 0 radical (unpaired) electrons. The lowest BCUT2D eigenvalue weighted by Crippen LogP contribution is -2.05. The number of rotatable bonds is 9. The minimum absolute atomic E-state index is 0.232. The molecule has 0 aliphatic carbocycles. The van der Waals surface area contributed by atoms with Crippen molar-refractivity contribution in [1.82, 2.24) is 0 Å². The molecular weight excluding hydrogens is 172 g/mol. The summed E-state index contributed by atoms with van der Waals surface area (Å²) in [4.78, 5) is 11.3. The van der Waals surface area contributed by atoms with Crippen LogP contribution in [-0.2, 0) is 4.79 Å². The van der Waals surface area contributed by atoms with Gasteiger partial charge in [0, 0.05) is 12.3 Å². The predicted octanol–water partition coefficient (Wildman–Crippen LogP) is 4.35. The first kappa shape index (κ1) is 13.7. The van der Waals surface area contributed by atoms with E-state index in [0.717, 1.165) is 12.8 Å². The van der Waals surface area contributed by atoms with Gasteiger partial charge in [-0.15, -0.1) is 0 Å². The monoisotopic (exact) mass is 198 g/mol. The van der Waals surface area contributed by atoms with Crippen molar-refractivity contribution >= 4 is 5.78 Å². The van der Waals surface area contributed by atoms with E-state index < -0.39 is 0 Å². The van der Waals surface area contributed by atoms with Crippen LogP contribution in [0.5, 0.6) is 0 Å². The maximum atomic E-state index is 11.3. The van der Waals surface area contributed by atoms with Crippen molar-refractivity contribution in [2.24, 2.45) is 5.92 Å². The third-order valence-electron chi connectivity index (χ3n) is 2.67. The first-order valence-electron chi connectivity index (χ1n) is 6.21. The molecule has 0 N–H and O–H groups in total. The van der Waals surface area contributed by atoms with E-state index in [1.54, 1.807) is 0 Å². The number of carbonyl (C=O) groups is 1. The summed E-state index contributed by atoms with van der Waals surface area (Å²) in [7, 11) is 0. The van der Waals surface area contributed by atoms with Gasteiger partial charge in [-0.05, 0) is 6.42 Å². The minimum Gasteiger partial charge on any atom is -0.299 e. The molecule has 0 heterocycles. The van der Waals surface area contributed by atoms with Gasteiger partial charge in [0.25, 0.3) is 0 Å². The van der Waals surface area contributed by atoms with Crippen LogP contribution in [0.2, 0.25) is 0 Å². The van der Waals surface area contributed by atoms with Crippen LogP contribution in [0.25, 0.3) is 0 Å². The molecule has 1 nitrogen and oxygen atoms in total. The molecular formula is C13H26O. The zero-order chi connectivity index (χ0) is 10.8. The molecule has 0 atom stereocenters. The average Bonchev–Trinajstić information content (AvgIpc) is 2.16. The second kappa shape index (κ2) is 9.23. The predicted molar refractivity (Wildman–Crippen MR) is 62.5 cm³/mol. The van der Waals surface area contributed by atoms with Gasteiger partial charge in [0.15, 0.2) is 0 Å². The molecule has 0 aromatic rings. The Morgan fingerprint density at radius 1 is 0.929 bits per heavy atom. The Hall–Kier alpha value is -0.330. The largest absolute Gasteiger partial charge is 0.299 e. The van der Waals surface area contributed by atoms with E-state index in [4.69, 9.17) is 0 Å². The fraction of sp³-hybridized carbons (Fsp3) is 0.923. The standard InChI is InChI=1S/C13H26O/c1-4-5-6-7-8-9-10-11-13(14)12(2)3/h12H,4-11H2,1-3H3. The van der Waals surface area contributed by atoms with Crippen molar-refractivity contribution in [2.75, 3.05) is 0 Å². The summed E-state index contributed by atoms with van der Waals surface area (Å²) in [6.07, 6.45) is 9.84. The summed E-state index contributed by atoms with van der Waals surface area (Å²) in [5.74, 6) is 0.661. The Bertz CT molecular complexity index is 138. The number of hydrogen-bond donors (Lipinski definition) is 0. The van der Waals surface area contributed by atoms with Gasteiger partial charge >= 0.3 is 0 Å². The molecule has 0 aliphatic heterocycles. The summed E-state index contributed by atoms with van der Waals surface area (Å²) >= 11 is 0. The lowest BCUT2D eigenvalue weighted by molar-refractivity contribution is -0.122. The number of Topliss-reactive ketones (excluding diaryl/α,β-unsaturated/α-hetero) is 1. The van der Waals surface area contributed by atoms with Gasteiger partial charge in [-0.3, -0.25) is 4.79 Å². The Morgan fingerprint density at radius 2 is 1.43 bits per heavy atom. The van der Waals surface area contributed by atoms with Crippen LogP contribution in [-0.4, -0.2) is 5.78 Å². The molecule has 14 heavy (non-hydrogen) atoms. The van der Waals surface area contributed by atoms with Gasteiger partial charge < -0.3 is 0 Å². The van der Waals surface area contributed by atoms with Crippen LogP contribution >= 0.6 is 0 Å². The Morgan fingerprint density at radius 3 is 1.93 bits per heavy atom. The van der Waals surface area contributed by atoms with Crippen LogP contribution in [0.4, 0.5) is 0 Å². The van der Waals surface area contributed by atoms with E-state index in [1.807, 2.05) is 13.8 Å². The molecule has 0 aliphatic rings. The lowest BCUT2D eigenvalue weighted by Gasteiger charge is -2.03. The van der Waals surface area contributed by atoms with Crippen LogP contribution in [0.15, 0.2) is 0 Å². The summed E-state index contributed by atoms with van der Waals surface area (Å²) < 4.78 is 0. The molecule has 0 saturated heterocycles. The minimum atomic E-state index is 0.232. The quantitative estimate of drug-likeness (QED) is 0.503. The highest BCUT2D eigenvalue weighted by atomic mass is 16.1. The van der Waals surface area contributed by atoms with Crippen molar-refractivity contribution in [2.45, 2.75) is 72.1 Å². The van der Waals surface area contributed by atoms with Gasteiger partial charge in [0.1, 0.15) is 5.78 Å². The number of carbonyl (C=O) groups excluding carboxylic acids is 1. The van der Waals surface area contributed by atoms with E-state index >= 15 is 0 Å². The Balaban J connectivity index is 3.10. The second-order valence-electron chi connectivity index (χ2n) is 4.49. The van der Waals surface area contributed by atoms with Crippen molar-refractivity contribution < 1.29 is 4.79 Å². The van der Waals surface area contributed by atoms with Crippen molar-refractivity contribution in [3.05, 3.63) is 0 Å². The molecule has 0 amide bonds. The van der Waals surface area contributed by atoms with Crippen LogP contribution in [0.3, 0.4) is 0 Å². The zero-order valence-corrected chi connectivity index (χ0v) is 10.1. The topological polar surface area (TPSA) is 17.1 Å². The highest BCUT2D eigenvalue weighted by molar-refractivity contribution is 5.80. The molecule has 0 aromatic carbocycles. The normalized spacial score (nSPS) is 10.9. The molecule has 1 heteroatoms. The molecule has 0 saturated carbocycles. The van der Waals surface area contributed by atoms with Crippen molar-refractivity contribution in [1.29, 1.82) is 0 Å². The molecule has 0 rings (SSSR count). The Labute approximate surface area is 89.3 Å². The molecule has 0 bridgehead atoms. The lowest BCUT2D eigenvalue weighted by atomic mass is 10.0. The molecule has 0 aromatic heterocycles. The molecule has 0 spiro atoms. The highest BCUT2D eigenvalue weighted by Gasteiger charge is 2.05. The summed E-state index contributed by atoms with van der Waals surface area (Å²) in [5, 5.41) is 0. The van der Waals surface area contributed by atoms with Gasteiger partial charge in [-0.2, -0.15) is 0 Å². The van der Waals surface area contributed by atoms with E-state index in [1.165, 1.54) is 38.5 Å². The van der Waals surface area contributed by atoms with Gasteiger partial charge in [-0.25, -0.2) is 0 Å². The van der Waals surface area contributed by atoms with E-state index in [2.05, 4.69) is 6.92 Å². The van der Waals surface area contributed by atoms with Gasteiger partial charge in [0.2, 0.25) is 0 Å². The molecule has 0 fully saturated rings. The number of unbranched alkanes of at least 4 members (excludes halogenated alkanes) is 6. The SMILES string of the molecule is CCCCCCCCCC(=O)C(C)C. The first-order valence-corrected chi connectivity index (χ1v) is 6.21. The zero-order valence-electron chi connectivity index (χ0n) is 10.1. The molecule has 84 valence electrons. The summed E-state index contributed by atoms with van der Waals surface area (Å²) in [5.41, 5.74) is 0. The highest BCUT2D eigenvalue weighted by Crippen LogP contribution is 2.10. The van der Waals surface area contributed by atoms with Gasteiger partial charge in [-0.1, -0.05) is 59.3 Å². The van der Waals surface area contributed by atoms with Crippen LogP contribution in [0, 0.1) is 5.92 Å². The fourth-order valence-electron chi connectivity index (χ4n) is 1.55. The summed E-state index contributed by atoms with van der Waals surface area (Å²) in [6, 6.07) is 0. The number of ketones is 1. The number of hydrogen-bond acceptors (Lipinski definition) is 1. The maximum absolute atomic E-state index is 11.3. The van der Waals surface area contributed by atoms with Crippen molar-refractivity contribution in [3.63, 3.8) is 0 Å². The van der Waals surface area contributed by atoms with E-state index in [0.29, 0.717) is 5.78 Å². The third kappa shape index (κ3) is 8.28. The van der Waals surface area contributed by atoms with E-state index in [-0.39, 0.29) is 5.92 Å². The first-order chi connectivity index (χ1) is 6.68. The van der Waals surface area contributed by atoms with Crippen LogP contribution < -0.4 is 0 Å². The third-order valence-corrected chi connectivity index (χ3v) is 2.67. The second-order valence-corrected chi connectivity index (χ2v) is 4.49. The fourth-order valence-corrected chi connectivity index (χ4v) is 1.55. The Kier molecular flexibility index (Phi) is 9.02. The molecule has 0 unspecified atom stereocenters. The maximum Gasteiger partial charge on any atom is 0.135 e. The smallest absolute Gasteiger partial charge is 0.135 e. The summed E-state index contributed by atoms with van der Waals surface area (Å²) in [6.45, 7) is 6.22. The van der Waals surface area contributed by atoms with Gasteiger partial charge in [0.05, 0.1) is 0 Å². The van der Waals surface area contributed by atoms with E-state index in [9.17, 15) is 4.79 Å². The van der Waals surface area contributed by atoms with Crippen LogP contribution in [0.1, 0.15) is 72.1 Å². The van der Waals surface area contributed by atoms with Crippen molar-refractivity contribution in [3.8, 4) is 0 Å². The average molecular weight is 198 g/mol.